The van der Waals surface area contributed by atoms with Gasteiger partial charge in [0, 0.05) is 37.3 Å². The molecule has 1 aliphatic carbocycles. The topological polar surface area (TPSA) is 76.0 Å². The average Bonchev–Trinajstić information content (AvgIpc) is 3.20. The Kier molecular flexibility index (Phi) is 4.42. The molecule has 6 heteroatoms. The van der Waals surface area contributed by atoms with Crippen LogP contribution < -0.4 is 10.6 Å². The third-order valence-corrected chi connectivity index (χ3v) is 3.69. The molecule has 2 N–H and O–H groups in total. The van der Waals surface area contributed by atoms with Crippen LogP contribution >= 0.6 is 0 Å². The molecule has 2 rings (SSSR count). The maximum Gasteiger partial charge on any atom is 0.224 e. The zero-order chi connectivity index (χ0) is 14.7. The van der Waals surface area contributed by atoms with Gasteiger partial charge in [-0.2, -0.15) is 5.10 Å². The highest BCUT2D eigenvalue weighted by molar-refractivity contribution is 5.81. The van der Waals surface area contributed by atoms with Gasteiger partial charge in [0.25, 0.3) is 0 Å². The summed E-state index contributed by atoms with van der Waals surface area (Å²) in [6.45, 7) is 4.83. The van der Waals surface area contributed by atoms with Crippen LogP contribution in [0.25, 0.3) is 0 Å². The standard InChI is InChI=1S/C14H22N4O2/c1-9-12(10(2)18(3)17-9)8-13(19)15-6-7-16-14(20)11-4-5-11/h11H,4-8H2,1-3H3,(H,15,19)(H,16,20). The lowest BCUT2D eigenvalue weighted by Crippen LogP contribution is -2.36. The fourth-order valence-electron chi connectivity index (χ4n) is 2.17. The van der Waals surface area contributed by atoms with Crippen LogP contribution in [0, 0.1) is 19.8 Å². The van der Waals surface area contributed by atoms with Crippen molar-refractivity contribution in [3.63, 3.8) is 0 Å². The molecule has 20 heavy (non-hydrogen) atoms. The summed E-state index contributed by atoms with van der Waals surface area (Å²) in [7, 11) is 1.87. The van der Waals surface area contributed by atoms with E-state index < -0.39 is 0 Å². The molecule has 0 atom stereocenters. The molecule has 1 aromatic rings. The van der Waals surface area contributed by atoms with Gasteiger partial charge in [0.1, 0.15) is 0 Å². The van der Waals surface area contributed by atoms with E-state index in [0.29, 0.717) is 19.5 Å². The number of rotatable bonds is 6. The van der Waals surface area contributed by atoms with Gasteiger partial charge in [-0.15, -0.1) is 0 Å². The fourth-order valence-corrected chi connectivity index (χ4v) is 2.17. The summed E-state index contributed by atoms with van der Waals surface area (Å²) >= 11 is 0. The number of aryl methyl sites for hydroxylation is 2. The molecule has 0 aromatic carbocycles. The van der Waals surface area contributed by atoms with Crippen molar-refractivity contribution in [3.8, 4) is 0 Å². The molecule has 1 aliphatic rings. The van der Waals surface area contributed by atoms with Crippen molar-refractivity contribution >= 4 is 11.8 Å². The molecular weight excluding hydrogens is 256 g/mol. The Morgan fingerprint density at radius 2 is 1.90 bits per heavy atom. The van der Waals surface area contributed by atoms with Gasteiger partial charge in [0.05, 0.1) is 12.1 Å². The summed E-state index contributed by atoms with van der Waals surface area (Å²) in [6.07, 6.45) is 2.33. The number of hydrogen-bond donors (Lipinski definition) is 2. The molecule has 1 heterocycles. The highest BCUT2D eigenvalue weighted by Crippen LogP contribution is 2.28. The zero-order valence-electron chi connectivity index (χ0n) is 12.3. The minimum Gasteiger partial charge on any atom is -0.354 e. The third kappa shape index (κ3) is 3.59. The number of amides is 2. The van der Waals surface area contributed by atoms with E-state index in [1.54, 1.807) is 4.68 Å². The van der Waals surface area contributed by atoms with Crippen LogP contribution in [0.4, 0.5) is 0 Å². The van der Waals surface area contributed by atoms with E-state index in [1.165, 1.54) is 0 Å². The van der Waals surface area contributed by atoms with Crippen molar-refractivity contribution in [2.45, 2.75) is 33.1 Å². The molecule has 0 aliphatic heterocycles. The minimum absolute atomic E-state index is 0.0372. The van der Waals surface area contributed by atoms with Crippen molar-refractivity contribution in [2.75, 3.05) is 13.1 Å². The first kappa shape index (κ1) is 14.6. The SMILES string of the molecule is Cc1nn(C)c(C)c1CC(=O)NCCNC(=O)C1CC1. The normalized spacial score (nSPS) is 14.2. The van der Waals surface area contributed by atoms with E-state index in [0.717, 1.165) is 29.8 Å². The lowest BCUT2D eigenvalue weighted by molar-refractivity contribution is -0.123. The lowest BCUT2D eigenvalue weighted by atomic mass is 10.1. The first-order valence-electron chi connectivity index (χ1n) is 7.02. The first-order valence-corrected chi connectivity index (χ1v) is 7.02. The maximum absolute atomic E-state index is 11.9. The average molecular weight is 278 g/mol. The lowest BCUT2D eigenvalue weighted by Gasteiger charge is -2.07. The van der Waals surface area contributed by atoms with E-state index in [-0.39, 0.29) is 17.7 Å². The van der Waals surface area contributed by atoms with Gasteiger partial charge >= 0.3 is 0 Å². The van der Waals surface area contributed by atoms with Gasteiger partial charge in [-0.05, 0) is 26.7 Å². The van der Waals surface area contributed by atoms with Gasteiger partial charge < -0.3 is 10.6 Å². The minimum atomic E-state index is -0.0372. The molecule has 1 aromatic heterocycles. The van der Waals surface area contributed by atoms with Crippen molar-refractivity contribution in [2.24, 2.45) is 13.0 Å². The quantitative estimate of drug-likeness (QED) is 0.731. The molecule has 1 fully saturated rings. The number of nitrogens with zero attached hydrogens (tertiary/aromatic N) is 2. The second-order valence-electron chi connectivity index (χ2n) is 5.37. The van der Waals surface area contributed by atoms with Gasteiger partial charge in [-0.3, -0.25) is 14.3 Å². The first-order chi connectivity index (χ1) is 9.49. The van der Waals surface area contributed by atoms with Crippen molar-refractivity contribution < 1.29 is 9.59 Å². The molecule has 6 nitrogen and oxygen atoms in total. The molecular formula is C14H22N4O2. The molecule has 1 saturated carbocycles. The van der Waals surface area contributed by atoms with Crippen molar-refractivity contribution in [3.05, 3.63) is 17.0 Å². The Hall–Kier alpha value is -1.85. The van der Waals surface area contributed by atoms with Gasteiger partial charge in [-0.1, -0.05) is 0 Å². The summed E-state index contributed by atoms with van der Waals surface area (Å²) in [5.74, 6) is 0.287. The van der Waals surface area contributed by atoms with E-state index in [4.69, 9.17) is 0 Å². The van der Waals surface area contributed by atoms with E-state index in [2.05, 4.69) is 15.7 Å². The van der Waals surface area contributed by atoms with Crippen LogP contribution in [-0.4, -0.2) is 34.7 Å². The predicted octanol–water partition coefficient (Wildman–Crippen LogP) is 0.222. The van der Waals surface area contributed by atoms with Crippen LogP contribution in [-0.2, 0) is 23.1 Å². The third-order valence-electron chi connectivity index (χ3n) is 3.69. The number of aromatic nitrogens is 2. The van der Waals surface area contributed by atoms with Crippen LogP contribution in [0.2, 0.25) is 0 Å². The Balaban J connectivity index is 1.71. The van der Waals surface area contributed by atoms with E-state index in [9.17, 15) is 9.59 Å². The highest BCUT2D eigenvalue weighted by atomic mass is 16.2. The largest absolute Gasteiger partial charge is 0.354 e. The number of nitrogens with one attached hydrogen (secondary N) is 2. The number of carbonyl (C=O) groups excluding carboxylic acids is 2. The molecule has 2 amide bonds. The summed E-state index contributed by atoms with van der Waals surface area (Å²) in [6, 6.07) is 0. The number of hydrogen-bond acceptors (Lipinski definition) is 3. The maximum atomic E-state index is 11.9. The smallest absolute Gasteiger partial charge is 0.224 e. The molecule has 110 valence electrons. The van der Waals surface area contributed by atoms with Crippen LogP contribution in [0.1, 0.15) is 29.8 Å². The van der Waals surface area contributed by atoms with Crippen LogP contribution in [0.5, 0.6) is 0 Å². The molecule has 0 spiro atoms. The molecule has 0 saturated heterocycles. The van der Waals surface area contributed by atoms with Gasteiger partial charge in [-0.25, -0.2) is 0 Å². The Morgan fingerprint density at radius 3 is 2.45 bits per heavy atom. The Labute approximate surface area is 118 Å². The molecule has 0 bridgehead atoms. The van der Waals surface area contributed by atoms with Gasteiger partial charge in [0.15, 0.2) is 0 Å². The zero-order valence-corrected chi connectivity index (χ0v) is 12.3. The highest BCUT2D eigenvalue weighted by Gasteiger charge is 2.28. The van der Waals surface area contributed by atoms with Crippen molar-refractivity contribution in [1.82, 2.24) is 20.4 Å². The number of carbonyl (C=O) groups is 2. The second-order valence-corrected chi connectivity index (χ2v) is 5.37. The van der Waals surface area contributed by atoms with Gasteiger partial charge in [0.2, 0.25) is 11.8 Å². The fraction of sp³-hybridized carbons (Fsp3) is 0.643. The summed E-state index contributed by atoms with van der Waals surface area (Å²) < 4.78 is 1.79. The Bertz CT molecular complexity index is 517. The second kappa shape index (κ2) is 6.07. The van der Waals surface area contributed by atoms with E-state index >= 15 is 0 Å². The monoisotopic (exact) mass is 278 g/mol. The van der Waals surface area contributed by atoms with E-state index in [1.807, 2.05) is 20.9 Å². The Morgan fingerprint density at radius 1 is 1.25 bits per heavy atom. The van der Waals surface area contributed by atoms with Crippen molar-refractivity contribution in [1.29, 1.82) is 0 Å². The predicted molar refractivity (Wildman–Crippen MR) is 75.1 cm³/mol. The summed E-state index contributed by atoms with van der Waals surface area (Å²) in [4.78, 5) is 23.3. The summed E-state index contributed by atoms with van der Waals surface area (Å²) in [5, 5.41) is 9.93. The van der Waals surface area contributed by atoms with Crippen LogP contribution in [0.15, 0.2) is 0 Å². The summed E-state index contributed by atoms with van der Waals surface area (Å²) in [5.41, 5.74) is 2.88. The molecule has 0 radical (unpaired) electrons. The van der Waals surface area contributed by atoms with Crippen LogP contribution in [0.3, 0.4) is 0 Å². The molecule has 0 unspecified atom stereocenters.